The van der Waals surface area contributed by atoms with Crippen molar-refractivity contribution in [3.05, 3.63) is 54.0 Å². The van der Waals surface area contributed by atoms with Crippen LogP contribution >= 0.6 is 0 Å². The highest BCUT2D eigenvalue weighted by atomic mass is 32.2. The van der Waals surface area contributed by atoms with Crippen LogP contribution in [0, 0.1) is 5.82 Å². The van der Waals surface area contributed by atoms with Gasteiger partial charge in [0.1, 0.15) is 16.4 Å². The van der Waals surface area contributed by atoms with E-state index in [2.05, 4.69) is 10.3 Å². The molecule has 0 fully saturated rings. The Kier molecular flexibility index (Phi) is 5.09. The highest BCUT2D eigenvalue weighted by Crippen LogP contribution is 2.30. The average Bonchev–Trinajstić information content (AvgIpc) is 2.54. The Bertz CT molecular complexity index is 923. The largest absolute Gasteiger partial charge is 0.417 e. The molecule has 26 heavy (non-hydrogen) atoms. The highest BCUT2D eigenvalue weighted by molar-refractivity contribution is 7.93. The number of hydrogen-bond donors (Lipinski definition) is 1. The van der Waals surface area contributed by atoms with Gasteiger partial charge in [0.2, 0.25) is 5.91 Å². The number of halogens is 4. The number of nitrogens with zero attached hydrogens (tertiary/aromatic N) is 1. The number of hydrogen-bond acceptors (Lipinski definition) is 4. The van der Waals surface area contributed by atoms with E-state index in [4.69, 9.17) is 0 Å². The van der Waals surface area contributed by atoms with E-state index < -0.39 is 42.9 Å². The second-order valence-corrected chi connectivity index (χ2v) is 8.35. The topological polar surface area (TPSA) is 76.1 Å². The first-order chi connectivity index (χ1) is 11.9. The van der Waals surface area contributed by atoms with Crippen LogP contribution in [0.5, 0.6) is 0 Å². The number of anilines is 1. The third-order valence-corrected chi connectivity index (χ3v) is 6.06. The molecule has 1 aromatic carbocycles. The molecule has 0 saturated heterocycles. The first kappa shape index (κ1) is 19.8. The molecule has 0 aliphatic heterocycles. The molecule has 0 unspecified atom stereocenters. The number of carbonyl (C=O) groups excluding carboxylic acids is 1. The monoisotopic (exact) mass is 390 g/mol. The summed E-state index contributed by atoms with van der Waals surface area (Å²) in [6, 6.07) is 5.78. The van der Waals surface area contributed by atoms with Crippen molar-refractivity contribution in [2.45, 2.75) is 29.7 Å². The van der Waals surface area contributed by atoms with Gasteiger partial charge in [-0.05, 0) is 44.2 Å². The molecule has 1 aromatic heterocycles. The minimum atomic E-state index is -4.59. The molecular formula is C16H14F4N2O3S. The van der Waals surface area contributed by atoms with Gasteiger partial charge in [-0.15, -0.1) is 0 Å². The quantitative estimate of drug-likeness (QED) is 0.812. The van der Waals surface area contributed by atoms with Crippen molar-refractivity contribution >= 4 is 21.6 Å². The standard InChI is InChI=1S/C16H14F4N2O3S/c1-15(2,26(24,25)12-5-3-4-11(17)8-12)14(23)22-13-7-6-10(9-21-13)16(18,19)20/h3-9H,1-2H3,(H,21,22,23). The van der Waals surface area contributed by atoms with Gasteiger partial charge < -0.3 is 5.32 Å². The number of sulfone groups is 1. The summed E-state index contributed by atoms with van der Waals surface area (Å²) in [5.74, 6) is -2.05. The second kappa shape index (κ2) is 6.67. The van der Waals surface area contributed by atoms with Crippen molar-refractivity contribution in [2.75, 3.05) is 5.32 Å². The van der Waals surface area contributed by atoms with Gasteiger partial charge in [0, 0.05) is 6.20 Å². The Morgan fingerprint density at radius 3 is 2.27 bits per heavy atom. The molecule has 0 saturated carbocycles. The van der Waals surface area contributed by atoms with Gasteiger partial charge in [0.05, 0.1) is 10.5 Å². The van der Waals surface area contributed by atoms with Crippen molar-refractivity contribution < 1.29 is 30.8 Å². The van der Waals surface area contributed by atoms with Crippen LogP contribution in [0.15, 0.2) is 47.5 Å². The van der Waals surface area contributed by atoms with Crippen LogP contribution in [0.2, 0.25) is 0 Å². The highest BCUT2D eigenvalue weighted by Gasteiger charge is 2.43. The molecule has 0 radical (unpaired) electrons. The van der Waals surface area contributed by atoms with Gasteiger partial charge in [0.25, 0.3) is 0 Å². The summed E-state index contributed by atoms with van der Waals surface area (Å²) in [5, 5.41) is 2.16. The number of amides is 1. The predicted octanol–water partition coefficient (Wildman–Crippen LogP) is 3.43. The Morgan fingerprint density at radius 2 is 1.77 bits per heavy atom. The normalized spacial score (nSPS) is 12.7. The Labute approximate surface area is 147 Å². The van der Waals surface area contributed by atoms with E-state index in [1.807, 2.05) is 0 Å². The van der Waals surface area contributed by atoms with Crippen LogP contribution < -0.4 is 5.32 Å². The lowest BCUT2D eigenvalue weighted by Crippen LogP contribution is -2.44. The first-order valence-electron chi connectivity index (χ1n) is 7.20. The Balaban J connectivity index is 2.27. The molecule has 0 aliphatic rings. The number of carbonyl (C=O) groups is 1. The summed E-state index contributed by atoms with van der Waals surface area (Å²) in [4.78, 5) is 15.4. The van der Waals surface area contributed by atoms with Crippen molar-refractivity contribution in [3.63, 3.8) is 0 Å². The number of rotatable bonds is 4. The fourth-order valence-corrected chi connectivity index (χ4v) is 3.36. The molecule has 10 heteroatoms. The maximum atomic E-state index is 13.3. The summed E-state index contributed by atoms with van der Waals surface area (Å²) >= 11 is 0. The number of nitrogens with one attached hydrogen (secondary N) is 1. The van der Waals surface area contributed by atoms with Crippen LogP contribution in [0.4, 0.5) is 23.4 Å². The van der Waals surface area contributed by atoms with Crippen LogP contribution in [0.25, 0.3) is 0 Å². The smallest absolute Gasteiger partial charge is 0.309 e. The van der Waals surface area contributed by atoms with E-state index in [0.717, 1.165) is 38.1 Å². The molecule has 1 N–H and O–H groups in total. The number of pyridine rings is 1. The molecule has 5 nitrogen and oxygen atoms in total. The summed E-state index contributed by atoms with van der Waals surface area (Å²) < 4.78 is 74.1. The van der Waals surface area contributed by atoms with Crippen molar-refractivity contribution in [1.29, 1.82) is 0 Å². The molecule has 2 aromatic rings. The average molecular weight is 390 g/mol. The lowest BCUT2D eigenvalue weighted by molar-refractivity contribution is -0.137. The van der Waals surface area contributed by atoms with Crippen molar-refractivity contribution in [3.8, 4) is 0 Å². The fourth-order valence-electron chi connectivity index (χ4n) is 1.95. The van der Waals surface area contributed by atoms with Gasteiger partial charge in [-0.3, -0.25) is 4.79 Å². The zero-order valence-corrected chi connectivity index (χ0v) is 14.5. The predicted molar refractivity (Wildman–Crippen MR) is 85.5 cm³/mol. The molecule has 0 spiro atoms. The van der Waals surface area contributed by atoms with E-state index in [-0.39, 0.29) is 5.82 Å². The molecule has 0 aliphatic carbocycles. The third kappa shape index (κ3) is 3.85. The summed E-state index contributed by atoms with van der Waals surface area (Å²) in [5.41, 5.74) is -1.01. The Hall–Kier alpha value is -2.49. The van der Waals surface area contributed by atoms with E-state index in [1.165, 1.54) is 6.07 Å². The maximum absolute atomic E-state index is 13.3. The van der Waals surface area contributed by atoms with Crippen LogP contribution in [0.1, 0.15) is 19.4 Å². The van der Waals surface area contributed by atoms with Crippen molar-refractivity contribution in [1.82, 2.24) is 4.98 Å². The maximum Gasteiger partial charge on any atom is 0.417 e. The molecule has 1 heterocycles. The fraction of sp³-hybridized carbons (Fsp3) is 0.250. The van der Waals surface area contributed by atoms with Crippen LogP contribution in [-0.2, 0) is 20.8 Å². The minimum Gasteiger partial charge on any atom is -0.309 e. The second-order valence-electron chi connectivity index (χ2n) is 5.86. The lowest BCUT2D eigenvalue weighted by atomic mass is 10.2. The molecule has 1 amide bonds. The molecule has 140 valence electrons. The van der Waals surface area contributed by atoms with Gasteiger partial charge in [0.15, 0.2) is 9.84 Å². The lowest BCUT2D eigenvalue weighted by Gasteiger charge is -2.23. The minimum absolute atomic E-state index is 0.245. The summed E-state index contributed by atoms with van der Waals surface area (Å²) in [6.45, 7) is 2.21. The summed E-state index contributed by atoms with van der Waals surface area (Å²) in [6.07, 6.45) is -4.07. The van der Waals surface area contributed by atoms with E-state index >= 15 is 0 Å². The third-order valence-electron chi connectivity index (χ3n) is 3.66. The molecule has 0 bridgehead atoms. The van der Waals surface area contributed by atoms with Gasteiger partial charge in [-0.1, -0.05) is 6.07 Å². The summed E-state index contributed by atoms with van der Waals surface area (Å²) in [7, 11) is -4.27. The number of benzene rings is 1. The number of alkyl halides is 3. The van der Waals surface area contributed by atoms with Crippen molar-refractivity contribution in [2.24, 2.45) is 0 Å². The van der Waals surface area contributed by atoms with E-state index in [9.17, 15) is 30.8 Å². The van der Waals surface area contributed by atoms with Crippen LogP contribution in [0.3, 0.4) is 0 Å². The van der Waals surface area contributed by atoms with E-state index in [0.29, 0.717) is 12.3 Å². The molecule has 2 rings (SSSR count). The number of aromatic nitrogens is 1. The van der Waals surface area contributed by atoms with Crippen LogP contribution in [-0.4, -0.2) is 24.1 Å². The molecular weight excluding hydrogens is 376 g/mol. The van der Waals surface area contributed by atoms with E-state index in [1.54, 1.807) is 0 Å². The molecule has 0 atom stereocenters. The van der Waals surface area contributed by atoms with Gasteiger partial charge in [-0.2, -0.15) is 13.2 Å². The SMILES string of the molecule is CC(C)(C(=O)Nc1ccc(C(F)(F)F)cn1)S(=O)(=O)c1cccc(F)c1. The first-order valence-corrected chi connectivity index (χ1v) is 8.69. The Morgan fingerprint density at radius 1 is 1.12 bits per heavy atom. The van der Waals surface area contributed by atoms with Gasteiger partial charge >= 0.3 is 6.18 Å². The zero-order valence-electron chi connectivity index (χ0n) is 13.6. The van der Waals surface area contributed by atoms with Gasteiger partial charge in [-0.25, -0.2) is 17.8 Å². The zero-order chi connectivity index (χ0) is 19.8.